The minimum atomic E-state index is -0.245. The van der Waals surface area contributed by atoms with E-state index in [-0.39, 0.29) is 12.1 Å². The first-order chi connectivity index (χ1) is 9.81. The molecule has 0 saturated carbocycles. The van der Waals surface area contributed by atoms with Gasteiger partial charge in [0.1, 0.15) is 11.8 Å². The van der Waals surface area contributed by atoms with E-state index in [1.165, 1.54) is 0 Å². The molecular weight excluding hydrogens is 260 g/mol. The predicted octanol–water partition coefficient (Wildman–Crippen LogP) is 1.01. The van der Waals surface area contributed by atoms with Gasteiger partial charge in [0.05, 0.1) is 12.9 Å². The highest BCUT2D eigenvalue weighted by Crippen LogP contribution is 2.16. The first-order valence-electron chi connectivity index (χ1n) is 6.34. The van der Waals surface area contributed by atoms with Gasteiger partial charge < -0.3 is 19.8 Å². The van der Waals surface area contributed by atoms with Crippen LogP contribution in [0.25, 0.3) is 0 Å². The summed E-state index contributed by atoms with van der Waals surface area (Å²) >= 11 is 0. The van der Waals surface area contributed by atoms with E-state index in [1.807, 2.05) is 24.4 Å². The largest absolute Gasteiger partial charge is 0.467 e. The Morgan fingerprint density at radius 1 is 1.50 bits per heavy atom. The van der Waals surface area contributed by atoms with Crippen LogP contribution in [0.15, 0.2) is 41.3 Å². The van der Waals surface area contributed by atoms with Gasteiger partial charge in [-0.05, 0) is 18.2 Å². The molecule has 0 unspecified atom stereocenters. The Morgan fingerprint density at radius 3 is 3.05 bits per heavy atom. The molecule has 0 aliphatic heterocycles. The zero-order valence-electron chi connectivity index (χ0n) is 11.3. The third-order valence-electron chi connectivity index (χ3n) is 2.76. The minimum absolute atomic E-state index is 0.173. The summed E-state index contributed by atoms with van der Waals surface area (Å²) in [4.78, 5) is 11.6. The zero-order chi connectivity index (χ0) is 14.2. The van der Waals surface area contributed by atoms with Crippen molar-refractivity contribution in [1.29, 1.82) is 0 Å². The van der Waals surface area contributed by atoms with Gasteiger partial charge in [0, 0.05) is 32.6 Å². The molecule has 2 rings (SSSR count). The first-order valence-corrected chi connectivity index (χ1v) is 6.34. The number of methoxy groups -OCH3 is 1. The van der Waals surface area contributed by atoms with Crippen molar-refractivity contribution in [2.75, 3.05) is 26.8 Å². The van der Waals surface area contributed by atoms with Crippen LogP contribution < -0.4 is 10.6 Å². The summed E-state index contributed by atoms with van der Waals surface area (Å²) in [6.07, 6.45) is 5.12. The minimum Gasteiger partial charge on any atom is -0.467 e. The number of furan rings is 1. The maximum Gasteiger partial charge on any atom is 0.314 e. The molecule has 108 valence electrons. The van der Waals surface area contributed by atoms with Crippen LogP contribution in [-0.4, -0.2) is 42.6 Å². The number of nitrogens with zero attached hydrogens (tertiary/aromatic N) is 2. The Labute approximate surface area is 116 Å². The number of urea groups is 1. The van der Waals surface area contributed by atoms with Crippen molar-refractivity contribution in [3.05, 3.63) is 42.6 Å². The highest BCUT2D eigenvalue weighted by Gasteiger charge is 2.17. The summed E-state index contributed by atoms with van der Waals surface area (Å²) in [6.45, 7) is 1.33. The summed E-state index contributed by atoms with van der Waals surface area (Å²) in [5, 5.41) is 9.68. The third kappa shape index (κ3) is 3.86. The van der Waals surface area contributed by atoms with E-state index in [4.69, 9.17) is 9.15 Å². The van der Waals surface area contributed by atoms with Crippen molar-refractivity contribution in [3.63, 3.8) is 0 Å². The van der Waals surface area contributed by atoms with Crippen molar-refractivity contribution in [1.82, 2.24) is 20.4 Å². The Hall–Kier alpha value is -2.28. The van der Waals surface area contributed by atoms with E-state index in [1.54, 1.807) is 24.3 Å². The van der Waals surface area contributed by atoms with Crippen molar-refractivity contribution in [2.24, 2.45) is 0 Å². The summed E-state index contributed by atoms with van der Waals surface area (Å²) in [6, 6.07) is 5.08. The van der Waals surface area contributed by atoms with Crippen LogP contribution >= 0.6 is 0 Å². The number of carbonyl (C=O) groups excluding carboxylic acids is 1. The molecule has 0 aromatic carbocycles. The average molecular weight is 278 g/mol. The van der Waals surface area contributed by atoms with Crippen molar-refractivity contribution >= 4 is 6.03 Å². The fourth-order valence-electron chi connectivity index (χ4n) is 1.79. The molecule has 7 nitrogen and oxygen atoms in total. The number of hydrogen-bond acceptors (Lipinski definition) is 4. The molecule has 2 amide bonds. The third-order valence-corrected chi connectivity index (χ3v) is 2.76. The van der Waals surface area contributed by atoms with Gasteiger partial charge in [0.15, 0.2) is 0 Å². The number of carbonyl (C=O) groups is 1. The maximum atomic E-state index is 11.6. The summed E-state index contributed by atoms with van der Waals surface area (Å²) in [5.41, 5.74) is 0. The maximum absolute atomic E-state index is 11.6. The number of ether oxygens (including phenoxy) is 1. The fourth-order valence-corrected chi connectivity index (χ4v) is 1.79. The lowest BCUT2D eigenvalue weighted by Gasteiger charge is -2.16. The first kappa shape index (κ1) is 14.1. The van der Waals surface area contributed by atoms with Gasteiger partial charge >= 0.3 is 6.03 Å². The zero-order valence-corrected chi connectivity index (χ0v) is 11.3. The molecule has 2 heterocycles. The monoisotopic (exact) mass is 278 g/mol. The normalized spacial score (nSPS) is 12.1. The highest BCUT2D eigenvalue weighted by molar-refractivity contribution is 5.73. The molecule has 0 saturated heterocycles. The number of rotatable bonds is 7. The van der Waals surface area contributed by atoms with Gasteiger partial charge in [-0.3, -0.25) is 4.68 Å². The second kappa shape index (κ2) is 7.34. The van der Waals surface area contributed by atoms with Gasteiger partial charge in [-0.2, -0.15) is 5.10 Å². The Bertz CT molecular complexity index is 461. The van der Waals surface area contributed by atoms with E-state index in [2.05, 4.69) is 15.7 Å². The smallest absolute Gasteiger partial charge is 0.314 e. The molecule has 0 aliphatic rings. The molecule has 0 fully saturated rings. The molecular formula is C13H18N4O3. The van der Waals surface area contributed by atoms with Crippen LogP contribution in [0, 0.1) is 0 Å². The molecule has 0 aliphatic carbocycles. The van der Waals surface area contributed by atoms with Crippen LogP contribution in [0.4, 0.5) is 4.79 Å². The number of nitrogens with one attached hydrogen (secondary N) is 2. The van der Waals surface area contributed by atoms with Gasteiger partial charge in [0.2, 0.25) is 0 Å². The Morgan fingerprint density at radius 2 is 2.40 bits per heavy atom. The molecule has 0 spiro atoms. The lowest BCUT2D eigenvalue weighted by atomic mass is 10.2. The topological polar surface area (TPSA) is 81.3 Å². The van der Waals surface area contributed by atoms with Crippen LogP contribution in [0.3, 0.4) is 0 Å². The molecule has 1 atom stereocenters. The number of hydrogen-bond donors (Lipinski definition) is 2. The van der Waals surface area contributed by atoms with Gasteiger partial charge in [-0.1, -0.05) is 0 Å². The van der Waals surface area contributed by atoms with Crippen molar-refractivity contribution in [2.45, 2.75) is 6.04 Å². The Balaban J connectivity index is 1.91. The van der Waals surface area contributed by atoms with Crippen molar-refractivity contribution < 1.29 is 13.9 Å². The SMILES string of the molecule is COCCNC(=O)NC[C@H](c1ccco1)n1cccn1. The quantitative estimate of drug-likeness (QED) is 0.741. The molecule has 0 bridgehead atoms. The summed E-state index contributed by atoms with van der Waals surface area (Å²) in [5.74, 6) is 0.742. The summed E-state index contributed by atoms with van der Waals surface area (Å²) in [7, 11) is 1.59. The molecule has 7 heteroatoms. The standard InChI is InChI=1S/C13H18N4O3/c1-19-9-6-14-13(18)15-10-11(12-4-2-8-20-12)17-7-3-5-16-17/h2-5,7-8,11H,6,9-10H2,1H3,(H2,14,15,18)/t11-/m1/s1. The van der Waals surface area contributed by atoms with Gasteiger partial charge in [-0.25, -0.2) is 4.79 Å². The Kier molecular flexibility index (Phi) is 5.19. The van der Waals surface area contributed by atoms with Crippen LogP contribution in [0.1, 0.15) is 11.8 Å². The van der Waals surface area contributed by atoms with Crippen LogP contribution in [-0.2, 0) is 4.74 Å². The fraction of sp³-hybridized carbons (Fsp3) is 0.385. The second-order valence-corrected chi connectivity index (χ2v) is 4.15. The van der Waals surface area contributed by atoms with E-state index < -0.39 is 0 Å². The lowest BCUT2D eigenvalue weighted by molar-refractivity contribution is 0.195. The molecule has 2 aromatic heterocycles. The van der Waals surface area contributed by atoms with E-state index in [0.717, 1.165) is 5.76 Å². The molecule has 2 aromatic rings. The van der Waals surface area contributed by atoms with Gasteiger partial charge in [-0.15, -0.1) is 0 Å². The average Bonchev–Trinajstić information content (AvgIpc) is 3.12. The lowest BCUT2D eigenvalue weighted by Crippen LogP contribution is -2.40. The second-order valence-electron chi connectivity index (χ2n) is 4.15. The van der Waals surface area contributed by atoms with Crippen molar-refractivity contribution in [3.8, 4) is 0 Å². The number of amides is 2. The molecule has 20 heavy (non-hydrogen) atoms. The highest BCUT2D eigenvalue weighted by atomic mass is 16.5. The van der Waals surface area contributed by atoms with Gasteiger partial charge in [0.25, 0.3) is 0 Å². The predicted molar refractivity (Wildman–Crippen MR) is 72.4 cm³/mol. The van der Waals surface area contributed by atoms with E-state index in [0.29, 0.717) is 19.7 Å². The van der Waals surface area contributed by atoms with Crippen LogP contribution in [0.5, 0.6) is 0 Å². The molecule has 2 N–H and O–H groups in total. The van der Waals surface area contributed by atoms with E-state index in [9.17, 15) is 4.79 Å². The summed E-state index contributed by atoms with van der Waals surface area (Å²) < 4.78 is 12.0. The van der Waals surface area contributed by atoms with Crippen LogP contribution in [0.2, 0.25) is 0 Å². The molecule has 0 radical (unpaired) electrons. The number of aromatic nitrogens is 2. The van der Waals surface area contributed by atoms with E-state index >= 15 is 0 Å².